The first-order chi connectivity index (χ1) is 11.4. The maximum absolute atomic E-state index is 12.8. The lowest BCUT2D eigenvalue weighted by atomic mass is 10.3. The second-order valence-electron chi connectivity index (χ2n) is 5.15. The number of imidazole rings is 1. The number of anilines is 1. The minimum atomic E-state index is -4.19. The first kappa shape index (κ1) is 14.3. The molecule has 0 saturated heterocycles. The summed E-state index contributed by atoms with van der Waals surface area (Å²) in [6.07, 6.45) is 0. The molecule has 0 aliphatic carbocycles. The van der Waals surface area contributed by atoms with Crippen LogP contribution in [0.25, 0.3) is 22.1 Å². The number of nitrogens with two attached hydrogens (primary N) is 1. The van der Waals surface area contributed by atoms with E-state index in [0.29, 0.717) is 20.7 Å². The number of nitrogens with zero attached hydrogens (tertiary/aromatic N) is 1. The standard InChI is InChI=1S/C14H10N4O5S/c15-7-1-4-11-10(5-7)16-13(19)18(11)24(21,22)8-2-3-9-12(6-8)23-14(20)17-9/h1-6H,15H2,(H,16,19)(H,17,20). The molecule has 9 nitrogen and oxygen atoms in total. The third-order valence-corrected chi connectivity index (χ3v) is 5.29. The molecule has 4 N–H and O–H groups in total. The van der Waals surface area contributed by atoms with Crippen LogP contribution < -0.4 is 17.2 Å². The molecule has 0 radical (unpaired) electrons. The van der Waals surface area contributed by atoms with E-state index in [1.165, 1.54) is 36.4 Å². The van der Waals surface area contributed by atoms with Crippen molar-refractivity contribution in [1.29, 1.82) is 0 Å². The Morgan fingerprint density at radius 3 is 2.58 bits per heavy atom. The summed E-state index contributed by atoms with van der Waals surface area (Å²) in [4.78, 5) is 28.0. The number of oxazole rings is 1. The Bertz CT molecular complexity index is 1320. The molecule has 0 unspecified atom stereocenters. The first-order valence-electron chi connectivity index (χ1n) is 6.75. The molecular weight excluding hydrogens is 336 g/mol. The topological polar surface area (TPSA) is 144 Å². The predicted molar refractivity (Wildman–Crippen MR) is 86.4 cm³/mol. The van der Waals surface area contributed by atoms with Gasteiger partial charge in [0.05, 0.1) is 21.4 Å². The fraction of sp³-hybridized carbons (Fsp3) is 0. The molecule has 0 bridgehead atoms. The lowest BCUT2D eigenvalue weighted by molar-refractivity contribution is 0.553. The Balaban J connectivity index is 2.01. The second kappa shape index (κ2) is 4.61. The van der Waals surface area contributed by atoms with E-state index < -0.39 is 21.5 Å². The number of benzene rings is 2. The zero-order valence-electron chi connectivity index (χ0n) is 11.9. The van der Waals surface area contributed by atoms with Crippen LogP contribution in [0.4, 0.5) is 5.69 Å². The first-order valence-corrected chi connectivity index (χ1v) is 8.19. The van der Waals surface area contributed by atoms with Gasteiger partial charge in [-0.1, -0.05) is 0 Å². The molecule has 2 heterocycles. The van der Waals surface area contributed by atoms with Crippen molar-refractivity contribution in [1.82, 2.24) is 13.9 Å². The van der Waals surface area contributed by atoms with Gasteiger partial charge in [-0.2, -0.15) is 3.97 Å². The van der Waals surface area contributed by atoms with Crippen molar-refractivity contribution in [3.8, 4) is 0 Å². The third kappa shape index (κ3) is 1.97. The summed E-state index contributed by atoms with van der Waals surface area (Å²) in [5, 5.41) is 0. The van der Waals surface area contributed by atoms with Crippen molar-refractivity contribution >= 4 is 37.8 Å². The van der Waals surface area contributed by atoms with E-state index in [4.69, 9.17) is 10.2 Å². The number of H-pyrrole nitrogens is 2. The highest BCUT2D eigenvalue weighted by atomic mass is 32.2. The van der Waals surface area contributed by atoms with Crippen molar-refractivity contribution in [3.63, 3.8) is 0 Å². The Hall–Kier alpha value is -3.27. The molecule has 24 heavy (non-hydrogen) atoms. The number of aromatic amines is 2. The summed E-state index contributed by atoms with van der Waals surface area (Å²) < 4.78 is 31.2. The van der Waals surface area contributed by atoms with E-state index in [0.717, 1.165) is 0 Å². The summed E-state index contributed by atoms with van der Waals surface area (Å²) in [6.45, 7) is 0. The van der Waals surface area contributed by atoms with Crippen molar-refractivity contribution in [2.24, 2.45) is 0 Å². The summed E-state index contributed by atoms with van der Waals surface area (Å²) in [6, 6.07) is 8.27. The van der Waals surface area contributed by atoms with E-state index in [9.17, 15) is 18.0 Å². The summed E-state index contributed by atoms with van der Waals surface area (Å²) in [7, 11) is -4.19. The largest absolute Gasteiger partial charge is 0.417 e. The van der Waals surface area contributed by atoms with Crippen molar-refractivity contribution in [2.75, 3.05) is 5.73 Å². The van der Waals surface area contributed by atoms with Gasteiger partial charge in [0.1, 0.15) is 0 Å². The number of fused-ring (bicyclic) bond motifs is 2. The number of nitrogen functional groups attached to an aromatic ring is 1. The number of aromatic nitrogens is 3. The van der Waals surface area contributed by atoms with E-state index in [1.54, 1.807) is 0 Å². The molecule has 2 aromatic heterocycles. The molecule has 0 saturated carbocycles. The molecule has 0 aliphatic heterocycles. The third-order valence-electron chi connectivity index (χ3n) is 3.60. The summed E-state index contributed by atoms with van der Waals surface area (Å²) in [5.74, 6) is -0.695. The Morgan fingerprint density at radius 2 is 1.79 bits per heavy atom. The van der Waals surface area contributed by atoms with Crippen LogP contribution in [-0.4, -0.2) is 22.4 Å². The predicted octanol–water partition coefficient (Wildman–Crippen LogP) is 0.583. The van der Waals surface area contributed by atoms with Crippen LogP contribution in [0.15, 0.2) is 55.3 Å². The van der Waals surface area contributed by atoms with Crippen molar-refractivity contribution in [3.05, 3.63) is 57.4 Å². The monoisotopic (exact) mass is 346 g/mol. The van der Waals surface area contributed by atoms with Gasteiger partial charge in [-0.15, -0.1) is 0 Å². The second-order valence-corrected chi connectivity index (χ2v) is 6.94. The molecule has 4 aromatic rings. The van der Waals surface area contributed by atoms with Gasteiger partial charge in [-0.25, -0.2) is 18.0 Å². The van der Waals surface area contributed by atoms with Gasteiger partial charge < -0.3 is 15.1 Å². The average Bonchev–Trinajstić information content (AvgIpc) is 3.03. The highest BCUT2D eigenvalue weighted by Gasteiger charge is 2.23. The van der Waals surface area contributed by atoms with Crippen molar-refractivity contribution < 1.29 is 12.8 Å². The molecule has 0 atom stereocenters. The van der Waals surface area contributed by atoms with E-state index in [1.807, 2.05) is 0 Å². The molecular formula is C14H10N4O5S. The number of hydrogen-bond donors (Lipinski definition) is 3. The van der Waals surface area contributed by atoms with Crippen LogP contribution in [0.2, 0.25) is 0 Å². The Kier molecular flexibility index (Phi) is 2.76. The van der Waals surface area contributed by atoms with Crippen LogP contribution in [0.1, 0.15) is 0 Å². The SMILES string of the molecule is Nc1ccc2c(c1)[nH]c(=O)n2S(=O)(=O)c1ccc2[nH]c(=O)oc2c1. The van der Waals surface area contributed by atoms with E-state index in [-0.39, 0.29) is 16.0 Å². The van der Waals surface area contributed by atoms with Gasteiger partial charge in [0.25, 0.3) is 10.0 Å². The van der Waals surface area contributed by atoms with Crippen molar-refractivity contribution in [2.45, 2.75) is 4.90 Å². The Labute approximate surface area is 133 Å². The highest BCUT2D eigenvalue weighted by Crippen LogP contribution is 2.22. The number of nitrogens with one attached hydrogen (secondary N) is 2. The van der Waals surface area contributed by atoms with E-state index >= 15 is 0 Å². The maximum Gasteiger partial charge on any atom is 0.417 e. The maximum atomic E-state index is 12.8. The average molecular weight is 346 g/mol. The minimum Gasteiger partial charge on any atom is -0.408 e. The summed E-state index contributed by atoms with van der Waals surface area (Å²) in [5.41, 5.74) is 6.14. The molecule has 10 heteroatoms. The highest BCUT2D eigenvalue weighted by molar-refractivity contribution is 7.90. The van der Waals surface area contributed by atoms with Gasteiger partial charge in [0.15, 0.2) is 5.58 Å². The lowest BCUT2D eigenvalue weighted by Gasteiger charge is -2.05. The molecule has 0 aliphatic rings. The van der Waals surface area contributed by atoms with Crippen LogP contribution in [0, 0.1) is 0 Å². The number of hydrogen-bond acceptors (Lipinski definition) is 6. The van der Waals surface area contributed by atoms with Gasteiger partial charge in [-0.05, 0) is 30.3 Å². The molecule has 0 spiro atoms. The van der Waals surface area contributed by atoms with Crippen LogP contribution in [-0.2, 0) is 10.0 Å². The minimum absolute atomic E-state index is 0.0817. The normalized spacial score (nSPS) is 12.2. The van der Waals surface area contributed by atoms with Gasteiger partial charge in [0, 0.05) is 11.8 Å². The smallest absolute Gasteiger partial charge is 0.408 e. The van der Waals surface area contributed by atoms with E-state index in [2.05, 4.69) is 9.97 Å². The fourth-order valence-electron chi connectivity index (χ4n) is 2.54. The van der Waals surface area contributed by atoms with Gasteiger partial charge >= 0.3 is 11.4 Å². The zero-order valence-corrected chi connectivity index (χ0v) is 12.8. The molecule has 4 rings (SSSR count). The molecule has 0 amide bonds. The lowest BCUT2D eigenvalue weighted by Crippen LogP contribution is -2.25. The fourth-order valence-corrected chi connectivity index (χ4v) is 3.93. The molecule has 2 aromatic carbocycles. The van der Waals surface area contributed by atoms with Crippen LogP contribution in [0.5, 0.6) is 0 Å². The quantitative estimate of drug-likeness (QED) is 0.453. The number of rotatable bonds is 2. The molecule has 0 fully saturated rings. The van der Waals surface area contributed by atoms with Crippen LogP contribution >= 0.6 is 0 Å². The van der Waals surface area contributed by atoms with Gasteiger partial charge in [0.2, 0.25) is 0 Å². The zero-order chi connectivity index (χ0) is 17.1. The summed E-state index contributed by atoms with van der Waals surface area (Å²) >= 11 is 0. The van der Waals surface area contributed by atoms with Crippen LogP contribution in [0.3, 0.4) is 0 Å². The van der Waals surface area contributed by atoms with Gasteiger partial charge in [-0.3, -0.25) is 4.98 Å². The molecule has 122 valence electrons. The Morgan fingerprint density at radius 1 is 1.00 bits per heavy atom.